The zero-order valence-corrected chi connectivity index (χ0v) is 11.1. The third-order valence-corrected chi connectivity index (χ3v) is 2.92. The number of nitro benzene ring substituents is 1. The van der Waals surface area contributed by atoms with E-state index in [1.807, 2.05) is 0 Å². The Morgan fingerprint density at radius 3 is 2.58 bits per heavy atom. The van der Waals surface area contributed by atoms with E-state index in [1.165, 1.54) is 25.1 Å². The van der Waals surface area contributed by atoms with Crippen LogP contribution in [0.15, 0.2) is 18.2 Å². The number of halogens is 1. The van der Waals surface area contributed by atoms with E-state index in [2.05, 4.69) is 0 Å². The van der Waals surface area contributed by atoms with Crippen LogP contribution in [-0.2, 0) is 9.53 Å². The molecule has 1 rings (SSSR count). The van der Waals surface area contributed by atoms with E-state index < -0.39 is 27.7 Å². The summed E-state index contributed by atoms with van der Waals surface area (Å²) >= 11 is 5.89. The second kappa shape index (κ2) is 6.29. The molecule has 1 aromatic carbocycles. The highest BCUT2D eigenvalue weighted by Gasteiger charge is 2.29. The van der Waals surface area contributed by atoms with Gasteiger partial charge in [0, 0.05) is 6.07 Å². The summed E-state index contributed by atoms with van der Waals surface area (Å²) in [5.41, 5.74) is -0.616. The Kier molecular flexibility index (Phi) is 5.00. The van der Waals surface area contributed by atoms with Crippen LogP contribution in [0.2, 0.25) is 0 Å². The fourth-order valence-corrected chi connectivity index (χ4v) is 1.75. The number of esters is 1. The van der Waals surface area contributed by atoms with Gasteiger partial charge in [0.05, 0.1) is 11.5 Å². The number of Topliss-reactive ketones (excluding diaryl/α,β-unsaturated/α-hetero) is 1. The van der Waals surface area contributed by atoms with Crippen molar-refractivity contribution in [2.45, 2.75) is 19.2 Å². The summed E-state index contributed by atoms with van der Waals surface area (Å²) < 4.78 is 4.78. The minimum absolute atomic E-state index is 0.0668. The molecule has 0 saturated carbocycles. The van der Waals surface area contributed by atoms with Crippen LogP contribution in [0, 0.1) is 10.1 Å². The lowest BCUT2D eigenvalue weighted by molar-refractivity contribution is -0.385. The quantitative estimate of drug-likeness (QED) is 0.359. The van der Waals surface area contributed by atoms with Gasteiger partial charge in [-0.25, -0.2) is 4.79 Å². The third-order valence-electron chi connectivity index (χ3n) is 2.38. The van der Waals surface area contributed by atoms with Gasteiger partial charge in [-0.1, -0.05) is 12.1 Å². The summed E-state index contributed by atoms with van der Waals surface area (Å²) in [6.45, 7) is 2.89. The van der Waals surface area contributed by atoms with Gasteiger partial charge in [-0.15, -0.1) is 11.6 Å². The van der Waals surface area contributed by atoms with Crippen LogP contribution in [0.1, 0.15) is 35.1 Å². The molecule has 0 N–H and O–H groups in total. The first kappa shape index (κ1) is 15.1. The van der Waals surface area contributed by atoms with Crippen LogP contribution in [0.25, 0.3) is 0 Å². The highest BCUT2D eigenvalue weighted by molar-refractivity contribution is 6.31. The molecule has 19 heavy (non-hydrogen) atoms. The standard InChI is InChI=1S/C12H12ClNO5/c1-3-19-12(16)10-8(11(13)7(2)15)5-4-6-9(10)14(17)18/h4-6,11H,3H2,1-2H3. The van der Waals surface area contributed by atoms with E-state index in [0.717, 1.165) is 0 Å². The number of hydrogen-bond donors (Lipinski definition) is 0. The maximum Gasteiger partial charge on any atom is 0.345 e. The highest BCUT2D eigenvalue weighted by atomic mass is 35.5. The molecule has 1 aromatic rings. The van der Waals surface area contributed by atoms with Crippen LogP contribution in [-0.4, -0.2) is 23.3 Å². The largest absolute Gasteiger partial charge is 0.462 e. The first-order valence-electron chi connectivity index (χ1n) is 5.49. The molecule has 0 saturated heterocycles. The van der Waals surface area contributed by atoms with E-state index in [4.69, 9.17) is 16.3 Å². The average molecular weight is 286 g/mol. The summed E-state index contributed by atoms with van der Waals surface area (Å²) in [5.74, 6) is -1.27. The highest BCUT2D eigenvalue weighted by Crippen LogP contribution is 2.31. The van der Waals surface area contributed by atoms with Crippen LogP contribution < -0.4 is 0 Å². The molecule has 0 radical (unpaired) electrons. The molecule has 7 heteroatoms. The molecular formula is C12H12ClNO5. The number of nitrogens with zero attached hydrogens (tertiary/aromatic N) is 1. The van der Waals surface area contributed by atoms with E-state index >= 15 is 0 Å². The number of nitro groups is 1. The van der Waals surface area contributed by atoms with Crippen LogP contribution in [0.5, 0.6) is 0 Å². The van der Waals surface area contributed by atoms with Crippen molar-refractivity contribution in [3.8, 4) is 0 Å². The monoisotopic (exact) mass is 285 g/mol. The summed E-state index contributed by atoms with van der Waals surface area (Å²) in [6, 6.07) is 3.94. The van der Waals surface area contributed by atoms with Gasteiger partial charge in [0.15, 0.2) is 5.78 Å². The van der Waals surface area contributed by atoms with Gasteiger partial charge in [0.1, 0.15) is 10.9 Å². The van der Waals surface area contributed by atoms with Gasteiger partial charge in [-0.05, 0) is 19.4 Å². The van der Waals surface area contributed by atoms with Gasteiger partial charge in [0.25, 0.3) is 5.69 Å². The smallest absolute Gasteiger partial charge is 0.345 e. The number of benzene rings is 1. The molecule has 0 fully saturated rings. The molecule has 0 spiro atoms. The van der Waals surface area contributed by atoms with Crippen LogP contribution >= 0.6 is 11.6 Å². The minimum Gasteiger partial charge on any atom is -0.462 e. The lowest BCUT2D eigenvalue weighted by Crippen LogP contribution is -2.14. The van der Waals surface area contributed by atoms with Gasteiger partial charge >= 0.3 is 5.97 Å². The van der Waals surface area contributed by atoms with E-state index in [-0.39, 0.29) is 17.7 Å². The number of carbonyl (C=O) groups is 2. The van der Waals surface area contributed by atoms with Crippen molar-refractivity contribution in [2.24, 2.45) is 0 Å². The molecule has 0 aromatic heterocycles. The molecule has 0 amide bonds. The third kappa shape index (κ3) is 3.29. The molecule has 6 nitrogen and oxygen atoms in total. The predicted molar refractivity (Wildman–Crippen MR) is 68.3 cm³/mol. The fraction of sp³-hybridized carbons (Fsp3) is 0.333. The maximum absolute atomic E-state index is 11.8. The molecule has 0 heterocycles. The summed E-state index contributed by atoms with van der Waals surface area (Å²) in [7, 11) is 0. The summed E-state index contributed by atoms with van der Waals surface area (Å²) in [5, 5.41) is 9.82. The Bertz CT molecular complexity index is 529. The van der Waals surface area contributed by atoms with Crippen molar-refractivity contribution in [3.05, 3.63) is 39.4 Å². The summed E-state index contributed by atoms with van der Waals surface area (Å²) in [6.07, 6.45) is 0. The SMILES string of the molecule is CCOC(=O)c1c(C(Cl)C(C)=O)cccc1[N+](=O)[O-]. The Morgan fingerprint density at radius 2 is 2.11 bits per heavy atom. The summed E-state index contributed by atoms with van der Waals surface area (Å²) in [4.78, 5) is 33.4. The molecule has 0 bridgehead atoms. The Labute approximate surface area is 114 Å². The average Bonchev–Trinajstić information content (AvgIpc) is 2.36. The maximum atomic E-state index is 11.8. The number of hydrogen-bond acceptors (Lipinski definition) is 5. The Hall–Kier alpha value is -1.95. The van der Waals surface area contributed by atoms with Crippen molar-refractivity contribution in [3.63, 3.8) is 0 Å². The van der Waals surface area contributed by atoms with Crippen molar-refractivity contribution < 1.29 is 19.2 Å². The van der Waals surface area contributed by atoms with Gasteiger partial charge in [0.2, 0.25) is 0 Å². The minimum atomic E-state index is -1.13. The normalized spacial score (nSPS) is 11.7. The Balaban J connectivity index is 3.46. The first-order valence-corrected chi connectivity index (χ1v) is 5.92. The fourth-order valence-electron chi connectivity index (χ4n) is 1.57. The first-order chi connectivity index (χ1) is 8.90. The van der Waals surface area contributed by atoms with Crippen molar-refractivity contribution in [1.29, 1.82) is 0 Å². The van der Waals surface area contributed by atoms with Crippen LogP contribution in [0.4, 0.5) is 5.69 Å². The van der Waals surface area contributed by atoms with E-state index in [9.17, 15) is 19.7 Å². The zero-order chi connectivity index (χ0) is 14.6. The second-order valence-corrected chi connectivity index (χ2v) is 4.13. The van der Waals surface area contributed by atoms with E-state index in [0.29, 0.717) is 0 Å². The van der Waals surface area contributed by atoms with Gasteiger partial charge in [-0.3, -0.25) is 14.9 Å². The van der Waals surface area contributed by atoms with Gasteiger partial charge in [-0.2, -0.15) is 0 Å². The molecule has 102 valence electrons. The topological polar surface area (TPSA) is 86.5 Å². The predicted octanol–water partition coefficient (Wildman–Crippen LogP) is 2.64. The lowest BCUT2D eigenvalue weighted by atomic mass is 10.0. The van der Waals surface area contributed by atoms with Gasteiger partial charge < -0.3 is 4.74 Å². The number of ketones is 1. The zero-order valence-electron chi connectivity index (χ0n) is 10.4. The molecule has 0 aliphatic rings. The molecule has 0 aliphatic carbocycles. The molecule has 1 atom stereocenters. The number of rotatable bonds is 5. The number of alkyl halides is 1. The molecular weight excluding hydrogens is 274 g/mol. The van der Waals surface area contributed by atoms with Crippen molar-refractivity contribution >= 4 is 29.0 Å². The van der Waals surface area contributed by atoms with E-state index in [1.54, 1.807) is 6.92 Å². The Morgan fingerprint density at radius 1 is 1.47 bits per heavy atom. The molecule has 1 unspecified atom stereocenters. The number of carbonyl (C=O) groups excluding carboxylic acids is 2. The van der Waals surface area contributed by atoms with Crippen molar-refractivity contribution in [2.75, 3.05) is 6.61 Å². The lowest BCUT2D eigenvalue weighted by Gasteiger charge is -2.11. The second-order valence-electron chi connectivity index (χ2n) is 3.69. The van der Waals surface area contributed by atoms with Crippen LogP contribution in [0.3, 0.4) is 0 Å². The molecule has 0 aliphatic heterocycles. The van der Waals surface area contributed by atoms with Crippen molar-refractivity contribution in [1.82, 2.24) is 0 Å². The number of ether oxygens (including phenoxy) is 1.